The van der Waals surface area contributed by atoms with Gasteiger partial charge in [0.1, 0.15) is 5.75 Å². The molecule has 0 heterocycles. The van der Waals surface area contributed by atoms with Gasteiger partial charge < -0.3 is 10.8 Å². The minimum atomic E-state index is -4.59. The summed E-state index contributed by atoms with van der Waals surface area (Å²) in [6.07, 6.45) is -3.34. The van der Waals surface area contributed by atoms with Crippen molar-refractivity contribution in [3.05, 3.63) is 27.7 Å². The topological polar surface area (TPSA) is 46.2 Å². The van der Waals surface area contributed by atoms with Gasteiger partial charge in [-0.25, -0.2) is 0 Å². The van der Waals surface area contributed by atoms with Gasteiger partial charge in [0.15, 0.2) is 0 Å². The molecule has 0 bridgehead atoms. The number of hydrogen-bond donors (Lipinski definition) is 2. The summed E-state index contributed by atoms with van der Waals surface area (Å²) in [5.74, 6) is -0.776. The predicted octanol–water partition coefficient (Wildman–Crippen LogP) is 4.40. The van der Waals surface area contributed by atoms with Crippen LogP contribution in [0.3, 0.4) is 0 Å². The van der Waals surface area contributed by atoms with E-state index in [0.29, 0.717) is 6.42 Å². The normalized spacial score (nSPS) is 13.0. The SMILES string of the molecule is CCC[C@@H](N)c1cc(Br)cc(C(F)(F)F)c1O.Cl. The molecule has 7 heteroatoms. The Morgan fingerprint density at radius 2 is 1.94 bits per heavy atom. The zero-order valence-corrected chi connectivity index (χ0v) is 12.0. The number of benzene rings is 1. The molecule has 0 amide bonds. The second-order valence-corrected chi connectivity index (χ2v) is 4.70. The van der Waals surface area contributed by atoms with E-state index in [2.05, 4.69) is 15.9 Å². The molecule has 1 atom stereocenters. The number of aromatic hydroxyl groups is 1. The van der Waals surface area contributed by atoms with Crippen LogP contribution in [0.4, 0.5) is 13.2 Å². The molecule has 1 aromatic rings. The van der Waals surface area contributed by atoms with E-state index in [-0.39, 0.29) is 22.4 Å². The fraction of sp³-hybridized carbons (Fsp3) is 0.455. The molecule has 0 radical (unpaired) electrons. The third-order valence-corrected chi connectivity index (χ3v) is 2.87. The maximum atomic E-state index is 12.6. The highest BCUT2D eigenvalue weighted by Gasteiger charge is 2.35. The van der Waals surface area contributed by atoms with Crippen LogP contribution in [0.15, 0.2) is 16.6 Å². The molecule has 0 saturated carbocycles. The van der Waals surface area contributed by atoms with Crippen molar-refractivity contribution in [2.75, 3.05) is 0 Å². The molecule has 0 aliphatic heterocycles. The summed E-state index contributed by atoms with van der Waals surface area (Å²) in [5, 5.41) is 9.63. The molecule has 0 saturated heterocycles. The number of phenolic OH excluding ortho intramolecular Hbond substituents is 1. The molecule has 18 heavy (non-hydrogen) atoms. The van der Waals surface area contributed by atoms with Crippen LogP contribution >= 0.6 is 28.3 Å². The van der Waals surface area contributed by atoms with E-state index in [0.717, 1.165) is 12.5 Å². The minimum absolute atomic E-state index is 0. The summed E-state index contributed by atoms with van der Waals surface area (Å²) in [7, 11) is 0. The first-order chi connectivity index (χ1) is 7.77. The lowest BCUT2D eigenvalue weighted by molar-refractivity contribution is -0.138. The van der Waals surface area contributed by atoms with Gasteiger partial charge in [0, 0.05) is 16.1 Å². The van der Waals surface area contributed by atoms with Crippen LogP contribution in [0.2, 0.25) is 0 Å². The fourth-order valence-corrected chi connectivity index (χ4v) is 2.06. The van der Waals surface area contributed by atoms with Gasteiger partial charge in [-0.1, -0.05) is 29.3 Å². The van der Waals surface area contributed by atoms with Crippen molar-refractivity contribution in [3.8, 4) is 5.75 Å². The zero-order chi connectivity index (χ0) is 13.2. The second kappa shape index (κ2) is 6.63. The molecule has 0 unspecified atom stereocenters. The molecule has 0 spiro atoms. The van der Waals surface area contributed by atoms with E-state index < -0.39 is 23.5 Å². The van der Waals surface area contributed by atoms with Crippen LogP contribution < -0.4 is 5.73 Å². The molecule has 3 N–H and O–H groups in total. The standard InChI is InChI=1S/C11H13BrF3NO.ClH/c1-2-3-9(16)7-4-6(12)5-8(10(7)17)11(13,14)15;/h4-5,9,17H,2-3,16H2,1H3;1H/t9-;/m1./s1. The summed E-state index contributed by atoms with van der Waals surface area (Å²) >= 11 is 2.99. The first kappa shape index (κ1) is 17.5. The first-order valence-electron chi connectivity index (χ1n) is 5.12. The van der Waals surface area contributed by atoms with Crippen LogP contribution in [0, 0.1) is 0 Å². The quantitative estimate of drug-likeness (QED) is 0.850. The Morgan fingerprint density at radius 3 is 2.39 bits per heavy atom. The smallest absolute Gasteiger partial charge is 0.420 e. The highest BCUT2D eigenvalue weighted by atomic mass is 79.9. The van der Waals surface area contributed by atoms with Gasteiger partial charge in [-0.05, 0) is 18.6 Å². The summed E-state index contributed by atoms with van der Waals surface area (Å²) in [4.78, 5) is 0. The maximum Gasteiger partial charge on any atom is 0.420 e. The van der Waals surface area contributed by atoms with Gasteiger partial charge in [-0.3, -0.25) is 0 Å². The van der Waals surface area contributed by atoms with E-state index in [1.165, 1.54) is 6.07 Å². The van der Waals surface area contributed by atoms with Crippen LogP contribution in [0.1, 0.15) is 36.9 Å². The average molecular weight is 349 g/mol. The second-order valence-electron chi connectivity index (χ2n) is 3.78. The Labute approximate surface area is 118 Å². The van der Waals surface area contributed by atoms with Gasteiger partial charge in [-0.2, -0.15) is 13.2 Å². The fourth-order valence-electron chi connectivity index (χ4n) is 1.59. The van der Waals surface area contributed by atoms with Crippen LogP contribution in [0.25, 0.3) is 0 Å². The lowest BCUT2D eigenvalue weighted by atomic mass is 9.99. The molecule has 104 valence electrons. The molecule has 2 nitrogen and oxygen atoms in total. The Hall–Kier alpha value is -0.460. The third-order valence-electron chi connectivity index (χ3n) is 2.41. The highest BCUT2D eigenvalue weighted by molar-refractivity contribution is 9.10. The number of halogens is 5. The number of alkyl halides is 3. The van der Waals surface area contributed by atoms with Crippen LogP contribution in [-0.2, 0) is 6.18 Å². The summed E-state index contributed by atoms with van der Waals surface area (Å²) < 4.78 is 38.2. The molecule has 0 fully saturated rings. The molecular formula is C11H14BrClF3NO. The van der Waals surface area contributed by atoms with E-state index in [4.69, 9.17) is 5.73 Å². The first-order valence-corrected chi connectivity index (χ1v) is 5.91. The molecule has 1 rings (SSSR count). The van der Waals surface area contributed by atoms with Gasteiger partial charge in [-0.15, -0.1) is 12.4 Å². The molecular weight excluding hydrogens is 334 g/mol. The monoisotopic (exact) mass is 347 g/mol. The van der Waals surface area contributed by atoms with Crippen molar-refractivity contribution in [1.29, 1.82) is 0 Å². The van der Waals surface area contributed by atoms with Gasteiger partial charge in [0.05, 0.1) is 5.56 Å². The molecule has 0 aliphatic carbocycles. The Balaban J connectivity index is 0.00000289. The van der Waals surface area contributed by atoms with Crippen LogP contribution in [0.5, 0.6) is 5.75 Å². The summed E-state index contributed by atoms with van der Waals surface area (Å²) in [6.45, 7) is 1.87. The van der Waals surface area contributed by atoms with Crippen molar-refractivity contribution in [1.82, 2.24) is 0 Å². The third kappa shape index (κ3) is 4.03. The largest absolute Gasteiger partial charge is 0.507 e. The highest BCUT2D eigenvalue weighted by Crippen LogP contribution is 2.41. The summed E-state index contributed by atoms with van der Waals surface area (Å²) in [6, 6.07) is 1.67. The van der Waals surface area contributed by atoms with Gasteiger partial charge in [0.25, 0.3) is 0 Å². The lowest BCUT2D eigenvalue weighted by Crippen LogP contribution is -2.13. The Bertz CT molecular complexity index is 412. The molecule has 1 aromatic carbocycles. The minimum Gasteiger partial charge on any atom is -0.507 e. The number of phenols is 1. The van der Waals surface area contributed by atoms with E-state index in [9.17, 15) is 18.3 Å². The van der Waals surface area contributed by atoms with Crippen molar-refractivity contribution in [3.63, 3.8) is 0 Å². The Morgan fingerprint density at radius 1 is 1.39 bits per heavy atom. The van der Waals surface area contributed by atoms with Crippen molar-refractivity contribution in [2.24, 2.45) is 5.73 Å². The maximum absolute atomic E-state index is 12.6. The predicted molar refractivity (Wildman–Crippen MR) is 69.9 cm³/mol. The van der Waals surface area contributed by atoms with E-state index >= 15 is 0 Å². The lowest BCUT2D eigenvalue weighted by Gasteiger charge is -2.17. The van der Waals surface area contributed by atoms with Gasteiger partial charge in [0.2, 0.25) is 0 Å². The summed E-state index contributed by atoms with van der Waals surface area (Å²) in [5.41, 5.74) is 4.80. The van der Waals surface area contributed by atoms with Crippen LogP contribution in [-0.4, -0.2) is 5.11 Å². The van der Waals surface area contributed by atoms with Crippen molar-refractivity contribution >= 4 is 28.3 Å². The molecule has 0 aliphatic rings. The average Bonchev–Trinajstić information content (AvgIpc) is 2.19. The van der Waals surface area contributed by atoms with E-state index in [1.54, 1.807) is 0 Å². The van der Waals surface area contributed by atoms with Crippen molar-refractivity contribution in [2.45, 2.75) is 32.0 Å². The Kier molecular flexibility index (Phi) is 6.46. The zero-order valence-electron chi connectivity index (χ0n) is 9.59. The number of rotatable bonds is 3. The molecule has 0 aromatic heterocycles. The number of hydrogen-bond acceptors (Lipinski definition) is 2. The van der Waals surface area contributed by atoms with Gasteiger partial charge >= 0.3 is 6.18 Å². The van der Waals surface area contributed by atoms with E-state index in [1.807, 2.05) is 6.92 Å². The number of nitrogens with two attached hydrogens (primary N) is 1. The van der Waals surface area contributed by atoms with Crippen molar-refractivity contribution < 1.29 is 18.3 Å².